The van der Waals surface area contributed by atoms with Crippen LogP contribution in [0.3, 0.4) is 0 Å². The third kappa shape index (κ3) is 58.7. The monoisotopic (exact) mass is 1020 g/mol. The van der Waals surface area contributed by atoms with E-state index in [2.05, 4.69) is 136 Å². The molecule has 0 aromatic rings. The van der Waals surface area contributed by atoms with Gasteiger partial charge in [0, 0.05) is 19.3 Å². The van der Waals surface area contributed by atoms with E-state index < -0.39 is 6.10 Å². The average Bonchev–Trinajstić information content (AvgIpc) is 3.40. The topological polar surface area (TPSA) is 78.9 Å². The lowest BCUT2D eigenvalue weighted by Gasteiger charge is -2.18. The van der Waals surface area contributed by atoms with Crippen LogP contribution in [0.25, 0.3) is 0 Å². The molecule has 420 valence electrons. The van der Waals surface area contributed by atoms with E-state index in [9.17, 15) is 14.4 Å². The van der Waals surface area contributed by atoms with E-state index in [1.165, 1.54) is 128 Å². The molecule has 74 heavy (non-hydrogen) atoms. The Balaban J connectivity index is 4.52. The molecule has 6 heteroatoms. The predicted molar refractivity (Wildman–Crippen MR) is 320 cm³/mol. The first-order valence-corrected chi connectivity index (χ1v) is 30.5. The molecule has 0 saturated carbocycles. The molecule has 1 atom stereocenters. The zero-order valence-electron chi connectivity index (χ0n) is 48.1. The Hall–Kier alpha value is -4.19. The van der Waals surface area contributed by atoms with Crippen LogP contribution in [0.1, 0.15) is 271 Å². The molecule has 0 radical (unpaired) electrons. The van der Waals surface area contributed by atoms with Crippen LogP contribution in [0.4, 0.5) is 0 Å². The van der Waals surface area contributed by atoms with Gasteiger partial charge in [0.25, 0.3) is 0 Å². The lowest BCUT2D eigenvalue weighted by atomic mass is 10.1. The summed E-state index contributed by atoms with van der Waals surface area (Å²) >= 11 is 0. The molecule has 0 bridgehead atoms. The Morgan fingerprint density at radius 3 is 0.932 bits per heavy atom. The molecule has 1 unspecified atom stereocenters. The van der Waals surface area contributed by atoms with Crippen LogP contribution in [0, 0.1) is 0 Å². The zero-order valence-corrected chi connectivity index (χ0v) is 48.1. The molecule has 0 amide bonds. The van der Waals surface area contributed by atoms with Gasteiger partial charge in [0.1, 0.15) is 13.2 Å². The van der Waals surface area contributed by atoms with Crippen molar-refractivity contribution in [3.63, 3.8) is 0 Å². The SMILES string of the molecule is CC/C=C\C/C=C\C/C=C\C/C=C\C/C=C\C/C=C\CCC(=O)OCC(COC(=O)CCCCCCCCC/C=C\C/C=C\CCCCCC)OC(=O)CCCCCCCCCCC/C=C\C/C=C\CCCCC. The molecule has 0 aliphatic heterocycles. The van der Waals surface area contributed by atoms with E-state index in [1.54, 1.807) is 0 Å². The standard InChI is InChI=1S/C68H112O6/c1-4-7-10-13-16-19-22-25-28-31-34-37-40-43-46-49-52-55-58-61-67(70)73-64-65(63-72-66(69)60-57-54-51-48-45-42-39-36-33-30-27-24-21-18-15-12-9-6-3)74-68(71)62-59-56-53-50-47-44-41-38-35-32-29-26-23-20-17-14-11-8-5-2/h7,10,16-17,19-21,24-26,28-30,33-34,37,43,46,52,55,65H,4-6,8-9,11-15,18,22-23,27,31-32,35-36,38-42,44-45,47-51,53-54,56-64H2,1-3H3/b10-7-,19-16-,20-17-,24-21-,28-25-,29-26-,33-30-,37-34-,46-43-,55-52-. The maximum Gasteiger partial charge on any atom is 0.306 e. The van der Waals surface area contributed by atoms with Crippen molar-refractivity contribution in [2.45, 2.75) is 277 Å². The fourth-order valence-electron chi connectivity index (χ4n) is 8.12. The maximum absolute atomic E-state index is 12.9. The van der Waals surface area contributed by atoms with Crippen molar-refractivity contribution in [1.82, 2.24) is 0 Å². The molecule has 0 aromatic carbocycles. The second-order valence-electron chi connectivity index (χ2n) is 19.9. The second-order valence-corrected chi connectivity index (χ2v) is 19.9. The highest BCUT2D eigenvalue weighted by Crippen LogP contribution is 2.15. The normalized spacial score (nSPS) is 13.0. The number of hydrogen-bond acceptors (Lipinski definition) is 6. The van der Waals surface area contributed by atoms with E-state index >= 15 is 0 Å². The van der Waals surface area contributed by atoms with Crippen LogP contribution in [0.15, 0.2) is 122 Å². The summed E-state index contributed by atoms with van der Waals surface area (Å²) in [6, 6.07) is 0. The number of carbonyl (C=O) groups excluding carboxylic acids is 3. The first kappa shape index (κ1) is 69.8. The van der Waals surface area contributed by atoms with Gasteiger partial charge in [-0.3, -0.25) is 14.4 Å². The number of hydrogen-bond donors (Lipinski definition) is 0. The van der Waals surface area contributed by atoms with Crippen LogP contribution in [0.5, 0.6) is 0 Å². The van der Waals surface area contributed by atoms with Crippen LogP contribution in [-0.2, 0) is 28.6 Å². The van der Waals surface area contributed by atoms with Gasteiger partial charge in [-0.2, -0.15) is 0 Å². The molecule has 0 aromatic heterocycles. The first-order valence-electron chi connectivity index (χ1n) is 30.5. The third-order valence-electron chi connectivity index (χ3n) is 12.7. The Kier molecular flexibility index (Phi) is 57.9. The molecule has 0 fully saturated rings. The predicted octanol–water partition coefficient (Wildman–Crippen LogP) is 20.8. The van der Waals surface area contributed by atoms with Gasteiger partial charge >= 0.3 is 17.9 Å². The van der Waals surface area contributed by atoms with Crippen LogP contribution >= 0.6 is 0 Å². The average molecular weight is 1030 g/mol. The molecule has 0 heterocycles. The van der Waals surface area contributed by atoms with Gasteiger partial charge in [0.15, 0.2) is 6.10 Å². The molecule has 0 rings (SSSR count). The highest BCUT2D eigenvalue weighted by molar-refractivity contribution is 5.71. The summed E-state index contributed by atoms with van der Waals surface area (Å²) in [5, 5.41) is 0. The lowest BCUT2D eigenvalue weighted by Crippen LogP contribution is -2.30. The lowest BCUT2D eigenvalue weighted by molar-refractivity contribution is -0.166. The molecule has 0 spiro atoms. The molecule has 0 aliphatic rings. The summed E-state index contributed by atoms with van der Waals surface area (Å²) in [4.78, 5) is 38.3. The minimum Gasteiger partial charge on any atom is -0.462 e. The van der Waals surface area contributed by atoms with Crippen molar-refractivity contribution in [1.29, 1.82) is 0 Å². The van der Waals surface area contributed by atoms with Gasteiger partial charge in [0.2, 0.25) is 0 Å². The van der Waals surface area contributed by atoms with Crippen molar-refractivity contribution >= 4 is 17.9 Å². The number of ether oxygens (including phenoxy) is 3. The Morgan fingerprint density at radius 2 is 0.554 bits per heavy atom. The Labute approximate surface area is 456 Å². The summed E-state index contributed by atoms with van der Waals surface area (Å²) < 4.78 is 16.8. The molecule has 6 nitrogen and oxygen atoms in total. The highest BCUT2D eigenvalue weighted by Gasteiger charge is 2.19. The van der Waals surface area contributed by atoms with Crippen molar-refractivity contribution in [2.24, 2.45) is 0 Å². The summed E-state index contributed by atoms with van der Waals surface area (Å²) in [7, 11) is 0. The van der Waals surface area contributed by atoms with Crippen molar-refractivity contribution in [3.8, 4) is 0 Å². The summed E-state index contributed by atoms with van der Waals surface area (Å²) in [6.45, 7) is 6.42. The van der Waals surface area contributed by atoms with Gasteiger partial charge in [-0.1, -0.05) is 251 Å². The van der Waals surface area contributed by atoms with Gasteiger partial charge < -0.3 is 14.2 Å². The summed E-state index contributed by atoms with van der Waals surface area (Å²) in [6.07, 6.45) is 84.8. The first-order chi connectivity index (χ1) is 36.5. The van der Waals surface area contributed by atoms with Crippen LogP contribution in [0.2, 0.25) is 0 Å². The molecule has 0 N–H and O–H groups in total. The van der Waals surface area contributed by atoms with Crippen LogP contribution in [-0.4, -0.2) is 37.2 Å². The smallest absolute Gasteiger partial charge is 0.306 e. The van der Waals surface area contributed by atoms with E-state index in [-0.39, 0.29) is 37.5 Å². The molecular formula is C68H112O6. The largest absolute Gasteiger partial charge is 0.462 e. The molecular weight excluding hydrogens is 913 g/mol. The van der Waals surface area contributed by atoms with E-state index in [1.807, 2.05) is 6.08 Å². The number of carbonyl (C=O) groups is 3. The second kappa shape index (κ2) is 61.4. The maximum atomic E-state index is 12.9. The van der Waals surface area contributed by atoms with Crippen LogP contribution < -0.4 is 0 Å². The fourth-order valence-corrected chi connectivity index (χ4v) is 8.12. The van der Waals surface area contributed by atoms with E-state index in [4.69, 9.17) is 14.2 Å². The van der Waals surface area contributed by atoms with Gasteiger partial charge in [-0.15, -0.1) is 0 Å². The van der Waals surface area contributed by atoms with Crippen molar-refractivity contribution in [3.05, 3.63) is 122 Å². The molecule has 0 saturated heterocycles. The molecule has 0 aliphatic carbocycles. The van der Waals surface area contributed by atoms with E-state index in [0.717, 1.165) is 96.3 Å². The van der Waals surface area contributed by atoms with Gasteiger partial charge in [-0.25, -0.2) is 0 Å². The summed E-state index contributed by atoms with van der Waals surface area (Å²) in [5.41, 5.74) is 0. The Morgan fingerprint density at radius 1 is 0.284 bits per heavy atom. The Bertz CT molecular complexity index is 1550. The third-order valence-corrected chi connectivity index (χ3v) is 12.7. The number of unbranched alkanes of at least 4 members (excludes halogenated alkanes) is 23. The van der Waals surface area contributed by atoms with Gasteiger partial charge in [-0.05, 0) is 122 Å². The number of allylic oxidation sites excluding steroid dienone is 20. The van der Waals surface area contributed by atoms with Crippen molar-refractivity contribution in [2.75, 3.05) is 13.2 Å². The number of rotatable bonds is 54. The zero-order chi connectivity index (χ0) is 53.6. The highest BCUT2D eigenvalue weighted by atomic mass is 16.6. The minimum atomic E-state index is -0.819. The summed E-state index contributed by atoms with van der Waals surface area (Å²) in [5.74, 6) is -1.01. The quantitative estimate of drug-likeness (QED) is 0.0261. The number of esters is 3. The fraction of sp³-hybridized carbons (Fsp3) is 0.662. The van der Waals surface area contributed by atoms with E-state index in [0.29, 0.717) is 19.3 Å². The minimum absolute atomic E-state index is 0.110. The van der Waals surface area contributed by atoms with Gasteiger partial charge in [0.05, 0.1) is 0 Å². The van der Waals surface area contributed by atoms with Crippen molar-refractivity contribution < 1.29 is 28.6 Å².